The molecule has 0 aromatic heterocycles. The Morgan fingerprint density at radius 1 is 1.12 bits per heavy atom. The first kappa shape index (κ1) is 11.5. The van der Waals surface area contributed by atoms with E-state index in [0.717, 1.165) is 16.7 Å². The molecule has 0 fully saturated rings. The lowest BCUT2D eigenvalue weighted by molar-refractivity contribution is 0.404. The number of benzene rings is 2. The predicted molar refractivity (Wildman–Crippen MR) is 72.4 cm³/mol. The number of methoxy groups -OCH3 is 1. The molecular formula is C16H16O. The van der Waals surface area contributed by atoms with Gasteiger partial charge in [0.15, 0.2) is 0 Å². The molecule has 2 aromatic rings. The molecule has 1 heteroatoms. The van der Waals surface area contributed by atoms with Gasteiger partial charge in [-0.1, -0.05) is 36.3 Å². The van der Waals surface area contributed by atoms with Gasteiger partial charge in [-0.15, -0.1) is 6.42 Å². The highest BCUT2D eigenvalue weighted by Crippen LogP contribution is 2.37. The van der Waals surface area contributed by atoms with Gasteiger partial charge in [0, 0.05) is 5.56 Å². The normalized spacial score (nSPS) is 11.2. The molecule has 0 saturated heterocycles. The highest BCUT2D eigenvalue weighted by atomic mass is 16.5. The summed E-state index contributed by atoms with van der Waals surface area (Å²) < 4.78 is 5.45. The highest BCUT2D eigenvalue weighted by molar-refractivity contribution is 5.89. The lowest BCUT2D eigenvalue weighted by atomic mass is 9.82. The predicted octanol–water partition coefficient (Wildman–Crippen LogP) is 3.76. The number of fused-ring (bicyclic) bond motifs is 1. The van der Waals surface area contributed by atoms with E-state index in [1.807, 2.05) is 32.0 Å². The maximum Gasteiger partial charge on any atom is 0.124 e. The van der Waals surface area contributed by atoms with Gasteiger partial charge >= 0.3 is 0 Å². The van der Waals surface area contributed by atoms with Crippen LogP contribution in [-0.4, -0.2) is 7.11 Å². The first-order valence-corrected chi connectivity index (χ1v) is 5.64. The van der Waals surface area contributed by atoms with E-state index in [9.17, 15) is 0 Å². The van der Waals surface area contributed by atoms with Crippen molar-refractivity contribution >= 4 is 10.8 Å². The Morgan fingerprint density at radius 3 is 2.47 bits per heavy atom. The fraction of sp³-hybridized carbons (Fsp3) is 0.250. The molecule has 0 unspecified atom stereocenters. The topological polar surface area (TPSA) is 9.23 Å². The average Bonchev–Trinajstić information content (AvgIpc) is 2.37. The molecule has 2 rings (SSSR count). The molecule has 0 aliphatic rings. The molecule has 0 amide bonds. The van der Waals surface area contributed by atoms with Gasteiger partial charge in [-0.2, -0.15) is 0 Å². The third kappa shape index (κ3) is 1.87. The molecule has 0 saturated carbocycles. The molecule has 2 aromatic carbocycles. The van der Waals surface area contributed by atoms with E-state index in [1.54, 1.807) is 7.11 Å². The number of hydrogen-bond donors (Lipinski definition) is 0. The highest BCUT2D eigenvalue weighted by Gasteiger charge is 2.24. The van der Waals surface area contributed by atoms with Crippen molar-refractivity contribution in [3.8, 4) is 18.1 Å². The van der Waals surface area contributed by atoms with Crippen molar-refractivity contribution in [1.29, 1.82) is 0 Å². The van der Waals surface area contributed by atoms with Crippen molar-refractivity contribution < 1.29 is 4.74 Å². The second-order valence-corrected chi connectivity index (χ2v) is 4.63. The monoisotopic (exact) mass is 224 g/mol. The number of terminal acetylenes is 1. The molecule has 0 atom stereocenters. The third-order valence-corrected chi connectivity index (χ3v) is 3.10. The first-order valence-electron chi connectivity index (χ1n) is 5.64. The molecule has 0 aliphatic heterocycles. The first-order chi connectivity index (χ1) is 8.10. The van der Waals surface area contributed by atoms with E-state index in [2.05, 4.69) is 24.1 Å². The Labute approximate surface area is 102 Å². The van der Waals surface area contributed by atoms with Crippen molar-refractivity contribution in [3.05, 3.63) is 42.0 Å². The maximum atomic E-state index is 5.65. The smallest absolute Gasteiger partial charge is 0.124 e. The molecule has 0 N–H and O–H groups in total. The van der Waals surface area contributed by atoms with E-state index in [4.69, 9.17) is 11.2 Å². The average molecular weight is 224 g/mol. The summed E-state index contributed by atoms with van der Waals surface area (Å²) in [5, 5.41) is 2.35. The number of rotatable bonds is 2. The minimum absolute atomic E-state index is 0.341. The molecule has 86 valence electrons. The van der Waals surface area contributed by atoms with Gasteiger partial charge in [0.25, 0.3) is 0 Å². The van der Waals surface area contributed by atoms with Crippen molar-refractivity contribution in [3.63, 3.8) is 0 Å². The number of hydrogen-bond acceptors (Lipinski definition) is 1. The van der Waals surface area contributed by atoms with Gasteiger partial charge in [-0.25, -0.2) is 0 Å². The Balaban J connectivity index is 2.86. The van der Waals surface area contributed by atoms with Crippen molar-refractivity contribution in [2.24, 2.45) is 0 Å². The van der Waals surface area contributed by atoms with E-state index >= 15 is 0 Å². The summed E-state index contributed by atoms with van der Waals surface area (Å²) in [6, 6.07) is 12.3. The maximum absolute atomic E-state index is 5.65. The standard InChI is InChI=1S/C16H16O/c1-5-16(2,3)15-13-9-7-6-8-12(13)10-11-14(15)17-4/h1,6-11H,2-4H3. The summed E-state index contributed by atoms with van der Waals surface area (Å²) in [6.07, 6.45) is 5.65. The van der Waals surface area contributed by atoms with E-state index in [0.29, 0.717) is 0 Å². The van der Waals surface area contributed by atoms with Gasteiger partial charge in [-0.3, -0.25) is 0 Å². The van der Waals surface area contributed by atoms with Crippen LogP contribution in [0.5, 0.6) is 5.75 Å². The van der Waals surface area contributed by atoms with Crippen LogP contribution in [0.2, 0.25) is 0 Å². The van der Waals surface area contributed by atoms with Crippen LogP contribution in [0.15, 0.2) is 36.4 Å². The van der Waals surface area contributed by atoms with Gasteiger partial charge in [-0.05, 0) is 30.7 Å². The zero-order valence-corrected chi connectivity index (χ0v) is 10.4. The second-order valence-electron chi connectivity index (χ2n) is 4.63. The van der Waals surface area contributed by atoms with E-state index < -0.39 is 0 Å². The van der Waals surface area contributed by atoms with Crippen molar-refractivity contribution in [1.82, 2.24) is 0 Å². The van der Waals surface area contributed by atoms with E-state index in [1.165, 1.54) is 5.39 Å². The Morgan fingerprint density at radius 2 is 1.82 bits per heavy atom. The Bertz CT molecular complexity index is 588. The molecule has 0 aliphatic carbocycles. The lowest BCUT2D eigenvalue weighted by Gasteiger charge is -2.23. The van der Waals surface area contributed by atoms with Crippen LogP contribution in [0.25, 0.3) is 10.8 Å². The largest absolute Gasteiger partial charge is 0.496 e. The fourth-order valence-electron chi connectivity index (χ4n) is 2.14. The molecule has 0 bridgehead atoms. The zero-order chi connectivity index (χ0) is 12.5. The molecule has 0 heterocycles. The molecule has 0 radical (unpaired) electrons. The molecule has 1 nitrogen and oxygen atoms in total. The summed E-state index contributed by atoms with van der Waals surface area (Å²) in [5.41, 5.74) is 0.743. The molecule has 0 spiro atoms. The van der Waals surface area contributed by atoms with Crippen LogP contribution in [-0.2, 0) is 5.41 Å². The molecular weight excluding hydrogens is 208 g/mol. The number of ether oxygens (including phenoxy) is 1. The third-order valence-electron chi connectivity index (χ3n) is 3.10. The molecule has 17 heavy (non-hydrogen) atoms. The summed E-state index contributed by atoms with van der Waals surface area (Å²) in [6.45, 7) is 4.08. The van der Waals surface area contributed by atoms with Crippen molar-refractivity contribution in [2.75, 3.05) is 7.11 Å². The summed E-state index contributed by atoms with van der Waals surface area (Å²) in [5.74, 6) is 3.70. The quantitative estimate of drug-likeness (QED) is 0.706. The van der Waals surface area contributed by atoms with Crippen LogP contribution in [0, 0.1) is 12.3 Å². The zero-order valence-electron chi connectivity index (χ0n) is 10.4. The van der Waals surface area contributed by atoms with Crippen LogP contribution in [0.3, 0.4) is 0 Å². The fourth-order valence-corrected chi connectivity index (χ4v) is 2.14. The summed E-state index contributed by atoms with van der Waals surface area (Å²) in [4.78, 5) is 0. The van der Waals surface area contributed by atoms with Crippen LogP contribution in [0.4, 0.5) is 0 Å². The van der Waals surface area contributed by atoms with Gasteiger partial charge in [0.05, 0.1) is 12.5 Å². The second kappa shape index (κ2) is 4.14. The van der Waals surface area contributed by atoms with Gasteiger partial charge in [0.1, 0.15) is 5.75 Å². The lowest BCUT2D eigenvalue weighted by Crippen LogP contribution is -2.15. The SMILES string of the molecule is C#CC(C)(C)c1c(OC)ccc2ccccc12. The van der Waals surface area contributed by atoms with Gasteiger partial charge < -0.3 is 4.74 Å². The minimum atomic E-state index is -0.341. The van der Waals surface area contributed by atoms with Crippen LogP contribution >= 0.6 is 0 Å². The van der Waals surface area contributed by atoms with Crippen molar-refractivity contribution in [2.45, 2.75) is 19.3 Å². The summed E-state index contributed by atoms with van der Waals surface area (Å²) in [7, 11) is 1.68. The van der Waals surface area contributed by atoms with Gasteiger partial charge in [0.2, 0.25) is 0 Å². The minimum Gasteiger partial charge on any atom is -0.496 e. The van der Waals surface area contributed by atoms with Crippen LogP contribution in [0.1, 0.15) is 19.4 Å². The Hall–Kier alpha value is -1.94. The van der Waals surface area contributed by atoms with E-state index in [-0.39, 0.29) is 5.41 Å². The summed E-state index contributed by atoms with van der Waals surface area (Å²) >= 11 is 0. The van der Waals surface area contributed by atoms with Crippen LogP contribution < -0.4 is 4.74 Å². The Kier molecular flexibility index (Phi) is 2.81.